The zero-order chi connectivity index (χ0) is 12.0. The lowest BCUT2D eigenvalue weighted by Gasteiger charge is -2.36. The van der Waals surface area contributed by atoms with Gasteiger partial charge in [0, 0.05) is 12.6 Å². The van der Waals surface area contributed by atoms with Crippen LogP contribution in [0.2, 0.25) is 0 Å². The summed E-state index contributed by atoms with van der Waals surface area (Å²) in [7, 11) is 0. The van der Waals surface area contributed by atoms with Crippen LogP contribution in [0.3, 0.4) is 0 Å². The number of hydrogen-bond donors (Lipinski definition) is 1. The summed E-state index contributed by atoms with van der Waals surface area (Å²) >= 11 is 0. The van der Waals surface area contributed by atoms with Crippen LogP contribution in [0.15, 0.2) is 0 Å². The van der Waals surface area contributed by atoms with Crippen LogP contribution in [0, 0.1) is 23.2 Å². The highest BCUT2D eigenvalue weighted by Crippen LogP contribution is 2.62. The number of fused-ring (bicyclic) bond motifs is 1. The first-order valence-corrected chi connectivity index (χ1v) is 8.56. The fourth-order valence-electron chi connectivity index (χ4n) is 5.04. The first-order valence-electron chi connectivity index (χ1n) is 8.56. The lowest BCUT2D eigenvalue weighted by Crippen LogP contribution is -2.36. The molecule has 1 nitrogen and oxygen atoms in total. The van der Waals surface area contributed by atoms with Crippen molar-refractivity contribution < 1.29 is 0 Å². The molecule has 0 amide bonds. The smallest absolute Gasteiger partial charge is 0.00684 e. The third-order valence-corrected chi connectivity index (χ3v) is 6.25. The first-order chi connectivity index (χ1) is 8.83. The monoisotopic (exact) mass is 247 g/mol. The molecule has 0 aromatic carbocycles. The lowest BCUT2D eigenvalue weighted by molar-refractivity contribution is 0.165. The summed E-state index contributed by atoms with van der Waals surface area (Å²) in [6.45, 7) is 1.36. The molecule has 0 heterocycles. The third kappa shape index (κ3) is 2.48. The van der Waals surface area contributed by atoms with Crippen molar-refractivity contribution in [3.05, 3.63) is 0 Å². The van der Waals surface area contributed by atoms with Crippen LogP contribution in [0.1, 0.15) is 70.6 Å². The van der Waals surface area contributed by atoms with E-state index in [0.29, 0.717) is 0 Å². The molecule has 4 saturated carbocycles. The lowest BCUT2D eigenvalue weighted by atomic mass is 9.71. The summed E-state index contributed by atoms with van der Waals surface area (Å²) in [5.41, 5.74) is 0.734. The van der Waals surface area contributed by atoms with Gasteiger partial charge in [0.15, 0.2) is 0 Å². The zero-order valence-corrected chi connectivity index (χ0v) is 11.8. The van der Waals surface area contributed by atoms with Gasteiger partial charge in [-0.05, 0) is 61.7 Å². The van der Waals surface area contributed by atoms with E-state index in [9.17, 15) is 0 Å². The number of nitrogens with one attached hydrogen (secondary N) is 1. The Morgan fingerprint density at radius 2 is 1.61 bits per heavy atom. The number of hydrogen-bond acceptors (Lipinski definition) is 1. The molecule has 0 aromatic heterocycles. The molecule has 0 spiro atoms. The van der Waals surface area contributed by atoms with Gasteiger partial charge in [-0.25, -0.2) is 0 Å². The highest BCUT2D eigenvalue weighted by atomic mass is 15.0. The Kier molecular flexibility index (Phi) is 2.94. The molecule has 4 aliphatic carbocycles. The zero-order valence-electron chi connectivity index (χ0n) is 11.8. The fraction of sp³-hybridized carbons (Fsp3) is 1.00. The Morgan fingerprint density at radius 3 is 2.28 bits per heavy atom. The standard InChI is InChI=1S/C17H29N/c1-2-4-13(5-3-1)9-17(12-18-16-6-7-16)10-14-8-15(14)11-17/h13-16,18H,1-12H2. The van der Waals surface area contributed by atoms with E-state index >= 15 is 0 Å². The Balaban J connectivity index is 1.37. The molecular weight excluding hydrogens is 218 g/mol. The average Bonchev–Trinajstić information content (AvgIpc) is 3.29. The Morgan fingerprint density at radius 1 is 0.889 bits per heavy atom. The van der Waals surface area contributed by atoms with E-state index in [0.717, 1.165) is 29.2 Å². The van der Waals surface area contributed by atoms with Gasteiger partial charge in [0.25, 0.3) is 0 Å². The minimum atomic E-state index is 0.734. The quantitative estimate of drug-likeness (QED) is 0.770. The Hall–Kier alpha value is -0.0400. The Labute approximate surface area is 112 Å². The van der Waals surface area contributed by atoms with Gasteiger partial charge >= 0.3 is 0 Å². The second kappa shape index (κ2) is 4.51. The largest absolute Gasteiger partial charge is 0.313 e. The van der Waals surface area contributed by atoms with Crippen LogP contribution in [0.25, 0.3) is 0 Å². The van der Waals surface area contributed by atoms with E-state index in [-0.39, 0.29) is 0 Å². The number of rotatable bonds is 5. The Bertz CT molecular complexity index is 291. The molecule has 2 unspecified atom stereocenters. The van der Waals surface area contributed by atoms with Crippen molar-refractivity contribution in [3.8, 4) is 0 Å². The maximum atomic E-state index is 3.87. The summed E-state index contributed by atoms with van der Waals surface area (Å²) in [5.74, 6) is 3.38. The summed E-state index contributed by atoms with van der Waals surface area (Å²) in [5, 5.41) is 3.87. The minimum absolute atomic E-state index is 0.734. The predicted octanol–water partition coefficient (Wildman–Crippen LogP) is 4.13. The normalized spacial score (nSPS) is 44.0. The van der Waals surface area contributed by atoms with Crippen molar-refractivity contribution in [2.75, 3.05) is 6.54 Å². The average molecular weight is 247 g/mol. The van der Waals surface area contributed by atoms with Crippen LogP contribution >= 0.6 is 0 Å². The van der Waals surface area contributed by atoms with Gasteiger partial charge in [0.05, 0.1) is 0 Å². The molecular formula is C17H29N. The van der Waals surface area contributed by atoms with E-state index < -0.39 is 0 Å². The summed E-state index contributed by atoms with van der Waals surface area (Å²) in [6, 6.07) is 0.908. The second-order valence-corrected chi connectivity index (χ2v) is 8.03. The molecule has 0 radical (unpaired) electrons. The van der Waals surface area contributed by atoms with Crippen molar-refractivity contribution in [1.82, 2.24) is 5.32 Å². The maximum absolute atomic E-state index is 3.87. The van der Waals surface area contributed by atoms with E-state index in [2.05, 4.69) is 5.32 Å². The highest BCUT2D eigenvalue weighted by Gasteiger charge is 2.54. The minimum Gasteiger partial charge on any atom is -0.313 e. The van der Waals surface area contributed by atoms with E-state index in [1.54, 1.807) is 38.5 Å². The predicted molar refractivity (Wildman–Crippen MR) is 75.5 cm³/mol. The van der Waals surface area contributed by atoms with Gasteiger partial charge in [-0.1, -0.05) is 32.1 Å². The second-order valence-electron chi connectivity index (χ2n) is 8.03. The first kappa shape index (κ1) is 11.8. The van der Waals surface area contributed by atoms with Crippen molar-refractivity contribution >= 4 is 0 Å². The van der Waals surface area contributed by atoms with Gasteiger partial charge in [-0.2, -0.15) is 0 Å². The molecule has 1 N–H and O–H groups in total. The fourth-order valence-corrected chi connectivity index (χ4v) is 5.04. The highest BCUT2D eigenvalue weighted by molar-refractivity contribution is 5.05. The molecule has 4 fully saturated rings. The van der Waals surface area contributed by atoms with Crippen molar-refractivity contribution in [2.24, 2.45) is 23.2 Å². The molecule has 1 heteroatoms. The molecule has 2 atom stereocenters. The van der Waals surface area contributed by atoms with E-state index in [1.165, 1.54) is 38.6 Å². The van der Waals surface area contributed by atoms with E-state index in [4.69, 9.17) is 0 Å². The summed E-state index contributed by atoms with van der Waals surface area (Å²) < 4.78 is 0. The molecule has 4 rings (SSSR count). The van der Waals surface area contributed by atoms with E-state index in [1.807, 2.05) is 0 Å². The molecule has 0 saturated heterocycles. The van der Waals surface area contributed by atoms with Crippen LogP contribution in [-0.2, 0) is 0 Å². The van der Waals surface area contributed by atoms with Crippen LogP contribution < -0.4 is 5.32 Å². The van der Waals surface area contributed by atoms with Crippen LogP contribution in [0.4, 0.5) is 0 Å². The summed E-state index contributed by atoms with van der Waals surface area (Å²) in [4.78, 5) is 0. The molecule has 4 aliphatic rings. The van der Waals surface area contributed by atoms with Crippen molar-refractivity contribution in [3.63, 3.8) is 0 Å². The molecule has 0 bridgehead atoms. The molecule has 18 heavy (non-hydrogen) atoms. The van der Waals surface area contributed by atoms with Gasteiger partial charge in [-0.3, -0.25) is 0 Å². The summed E-state index contributed by atoms with van der Waals surface area (Å²) in [6.07, 6.45) is 16.8. The van der Waals surface area contributed by atoms with Crippen LogP contribution in [-0.4, -0.2) is 12.6 Å². The van der Waals surface area contributed by atoms with Gasteiger partial charge in [0.1, 0.15) is 0 Å². The maximum Gasteiger partial charge on any atom is 0.00684 e. The van der Waals surface area contributed by atoms with Crippen LogP contribution in [0.5, 0.6) is 0 Å². The van der Waals surface area contributed by atoms with Crippen molar-refractivity contribution in [1.29, 1.82) is 0 Å². The molecule has 0 aromatic rings. The van der Waals surface area contributed by atoms with Crippen molar-refractivity contribution in [2.45, 2.75) is 76.7 Å². The van der Waals surface area contributed by atoms with Gasteiger partial charge < -0.3 is 5.32 Å². The van der Waals surface area contributed by atoms with Gasteiger partial charge in [-0.15, -0.1) is 0 Å². The molecule has 0 aliphatic heterocycles. The SMILES string of the molecule is C1CCC(CC2(CNC3CC3)CC3CC3C2)CC1. The van der Waals surface area contributed by atoms with Gasteiger partial charge in [0.2, 0.25) is 0 Å². The topological polar surface area (TPSA) is 12.0 Å². The molecule has 102 valence electrons. The third-order valence-electron chi connectivity index (χ3n) is 6.25.